The molecule has 0 radical (unpaired) electrons. The van der Waals surface area contributed by atoms with E-state index >= 15 is 0 Å². The van der Waals surface area contributed by atoms with E-state index in [1.807, 2.05) is 12.1 Å². The van der Waals surface area contributed by atoms with Gasteiger partial charge in [-0.25, -0.2) is 0 Å². The maximum Gasteiger partial charge on any atom is 0.149 e. The summed E-state index contributed by atoms with van der Waals surface area (Å²) >= 11 is 10.1. The second-order valence-corrected chi connectivity index (χ2v) is 4.82. The lowest BCUT2D eigenvalue weighted by atomic mass is 10.3. The fourth-order valence-corrected chi connectivity index (χ4v) is 3.27. The third-order valence-electron chi connectivity index (χ3n) is 1.26. The zero-order chi connectivity index (χ0) is 9.84. The van der Waals surface area contributed by atoms with Crippen LogP contribution in [0.5, 0.6) is 5.75 Å². The van der Waals surface area contributed by atoms with Crippen LogP contribution in [-0.4, -0.2) is 6.61 Å². The van der Waals surface area contributed by atoms with Crippen molar-refractivity contribution >= 4 is 47.8 Å². The summed E-state index contributed by atoms with van der Waals surface area (Å²) in [5, 5.41) is 0. The van der Waals surface area contributed by atoms with Gasteiger partial charge in [0.1, 0.15) is 12.4 Å². The van der Waals surface area contributed by atoms with Gasteiger partial charge in [-0.1, -0.05) is 21.9 Å². The van der Waals surface area contributed by atoms with E-state index in [0.29, 0.717) is 0 Å². The highest BCUT2D eigenvalue weighted by Gasteiger charge is 2.06. The van der Waals surface area contributed by atoms with Gasteiger partial charge in [0.05, 0.1) is 8.95 Å². The van der Waals surface area contributed by atoms with Gasteiger partial charge in [0, 0.05) is 4.47 Å². The summed E-state index contributed by atoms with van der Waals surface area (Å²) in [4.78, 5) is 0. The van der Waals surface area contributed by atoms with Crippen molar-refractivity contribution in [3.05, 3.63) is 25.6 Å². The summed E-state index contributed by atoms with van der Waals surface area (Å²) in [7, 11) is 0. The lowest BCUT2D eigenvalue weighted by Crippen LogP contribution is -1.95. The van der Waals surface area contributed by atoms with E-state index in [4.69, 9.17) is 11.2 Å². The molecule has 0 aliphatic carbocycles. The summed E-state index contributed by atoms with van der Waals surface area (Å²) in [6.07, 6.45) is 5.09. The molecule has 0 heterocycles. The molecule has 0 aliphatic rings. The third kappa shape index (κ3) is 3.01. The average molecular weight is 369 g/mol. The molecule has 68 valence electrons. The number of benzene rings is 1. The standard InChI is InChI=1S/C9H5Br3O/c1-2-3-13-9-7(11)4-6(10)5-8(9)12/h1,4-5H,3H2. The molecule has 4 heteroatoms. The minimum absolute atomic E-state index is 0.263. The predicted molar refractivity (Wildman–Crippen MR) is 63.9 cm³/mol. The van der Waals surface area contributed by atoms with Gasteiger partial charge >= 0.3 is 0 Å². The number of ether oxygens (including phenoxy) is 1. The molecule has 0 bridgehead atoms. The zero-order valence-corrected chi connectivity index (χ0v) is 11.2. The molecule has 0 saturated heterocycles. The molecule has 1 aromatic rings. The Bertz CT molecular complexity index is 331. The summed E-state index contributed by atoms with van der Waals surface area (Å²) in [5.41, 5.74) is 0. The molecule has 0 fully saturated rings. The molecule has 0 atom stereocenters. The van der Waals surface area contributed by atoms with Crippen LogP contribution in [0, 0.1) is 12.3 Å². The third-order valence-corrected chi connectivity index (χ3v) is 2.90. The highest BCUT2D eigenvalue weighted by Crippen LogP contribution is 2.36. The molecule has 13 heavy (non-hydrogen) atoms. The number of hydrogen-bond donors (Lipinski definition) is 0. The second kappa shape index (κ2) is 5.04. The zero-order valence-electron chi connectivity index (χ0n) is 6.48. The fraction of sp³-hybridized carbons (Fsp3) is 0.111. The van der Waals surface area contributed by atoms with Crippen LogP contribution in [0.2, 0.25) is 0 Å². The first-order valence-electron chi connectivity index (χ1n) is 3.36. The lowest BCUT2D eigenvalue weighted by Gasteiger charge is -2.07. The van der Waals surface area contributed by atoms with Crippen molar-refractivity contribution in [1.82, 2.24) is 0 Å². The van der Waals surface area contributed by atoms with E-state index < -0.39 is 0 Å². The maximum absolute atomic E-state index is 5.32. The topological polar surface area (TPSA) is 9.23 Å². The monoisotopic (exact) mass is 366 g/mol. The largest absolute Gasteiger partial charge is 0.479 e. The van der Waals surface area contributed by atoms with E-state index in [-0.39, 0.29) is 6.61 Å². The van der Waals surface area contributed by atoms with Crippen molar-refractivity contribution in [2.75, 3.05) is 6.61 Å². The Morgan fingerprint density at radius 2 is 1.77 bits per heavy atom. The predicted octanol–water partition coefficient (Wildman–Crippen LogP) is 3.99. The van der Waals surface area contributed by atoms with Gasteiger partial charge in [-0.2, -0.15) is 0 Å². The van der Waals surface area contributed by atoms with Crippen LogP contribution in [0.4, 0.5) is 0 Å². The summed E-state index contributed by atoms with van der Waals surface area (Å²) in [5.74, 6) is 3.13. The smallest absolute Gasteiger partial charge is 0.149 e. The van der Waals surface area contributed by atoms with E-state index in [0.717, 1.165) is 19.2 Å². The number of rotatable bonds is 2. The average Bonchev–Trinajstić information content (AvgIpc) is 2.02. The molecule has 0 amide bonds. The van der Waals surface area contributed by atoms with Crippen molar-refractivity contribution in [2.24, 2.45) is 0 Å². The van der Waals surface area contributed by atoms with Gasteiger partial charge in [0.25, 0.3) is 0 Å². The minimum atomic E-state index is 0.263. The van der Waals surface area contributed by atoms with Crippen molar-refractivity contribution in [1.29, 1.82) is 0 Å². The minimum Gasteiger partial charge on any atom is -0.479 e. The van der Waals surface area contributed by atoms with E-state index in [9.17, 15) is 0 Å². The van der Waals surface area contributed by atoms with Crippen LogP contribution in [0.15, 0.2) is 25.6 Å². The molecule has 0 aromatic heterocycles. The first-order chi connectivity index (χ1) is 6.15. The van der Waals surface area contributed by atoms with E-state index in [1.165, 1.54) is 0 Å². The van der Waals surface area contributed by atoms with Crippen LogP contribution in [0.3, 0.4) is 0 Å². The molecule has 1 aromatic carbocycles. The van der Waals surface area contributed by atoms with Crippen LogP contribution in [0.1, 0.15) is 0 Å². The number of halogens is 3. The van der Waals surface area contributed by atoms with Gasteiger partial charge in [-0.3, -0.25) is 0 Å². The first-order valence-corrected chi connectivity index (χ1v) is 5.74. The Balaban J connectivity index is 3.00. The van der Waals surface area contributed by atoms with Gasteiger partial charge in [0.2, 0.25) is 0 Å². The molecule has 0 aliphatic heterocycles. The van der Waals surface area contributed by atoms with Crippen molar-refractivity contribution in [3.63, 3.8) is 0 Å². The number of hydrogen-bond acceptors (Lipinski definition) is 1. The Kier molecular flexibility index (Phi) is 4.30. The maximum atomic E-state index is 5.32. The molecule has 1 rings (SSSR count). The highest BCUT2D eigenvalue weighted by atomic mass is 79.9. The molecule has 1 nitrogen and oxygen atoms in total. The van der Waals surface area contributed by atoms with Crippen molar-refractivity contribution in [3.8, 4) is 18.1 Å². The Morgan fingerprint density at radius 1 is 1.23 bits per heavy atom. The fourth-order valence-electron chi connectivity index (χ4n) is 0.781. The van der Waals surface area contributed by atoms with Gasteiger partial charge in [0.15, 0.2) is 0 Å². The molecule has 0 N–H and O–H groups in total. The van der Waals surface area contributed by atoms with E-state index in [2.05, 4.69) is 53.7 Å². The van der Waals surface area contributed by atoms with Gasteiger partial charge in [-0.15, -0.1) is 6.42 Å². The van der Waals surface area contributed by atoms with Crippen LogP contribution in [0.25, 0.3) is 0 Å². The van der Waals surface area contributed by atoms with Crippen LogP contribution < -0.4 is 4.74 Å². The van der Waals surface area contributed by atoms with Crippen LogP contribution >= 0.6 is 47.8 Å². The first kappa shape index (κ1) is 11.1. The second-order valence-electron chi connectivity index (χ2n) is 2.19. The normalized spacial score (nSPS) is 9.38. The molecular formula is C9H5Br3O. The van der Waals surface area contributed by atoms with E-state index in [1.54, 1.807) is 0 Å². The van der Waals surface area contributed by atoms with Gasteiger partial charge in [-0.05, 0) is 44.0 Å². The SMILES string of the molecule is C#CCOc1c(Br)cc(Br)cc1Br. The highest BCUT2D eigenvalue weighted by molar-refractivity contribution is 9.11. The van der Waals surface area contributed by atoms with Crippen molar-refractivity contribution in [2.45, 2.75) is 0 Å². The lowest BCUT2D eigenvalue weighted by molar-refractivity contribution is 0.365. The molecule has 0 unspecified atom stereocenters. The Labute approximate surface area is 102 Å². The van der Waals surface area contributed by atoms with Crippen molar-refractivity contribution < 1.29 is 4.74 Å². The van der Waals surface area contributed by atoms with Crippen LogP contribution in [-0.2, 0) is 0 Å². The molecular weight excluding hydrogens is 364 g/mol. The number of terminal acetylenes is 1. The van der Waals surface area contributed by atoms with Gasteiger partial charge < -0.3 is 4.74 Å². The Hall–Kier alpha value is 0.0200. The Morgan fingerprint density at radius 3 is 2.23 bits per heavy atom. The molecule has 0 spiro atoms. The summed E-state index contributed by atoms with van der Waals surface area (Å²) in [6.45, 7) is 0.263. The summed E-state index contributed by atoms with van der Waals surface area (Å²) in [6, 6.07) is 3.80. The molecule has 0 saturated carbocycles. The summed E-state index contributed by atoms with van der Waals surface area (Å²) < 4.78 is 8.02. The quantitative estimate of drug-likeness (QED) is 0.717.